The van der Waals surface area contributed by atoms with Gasteiger partial charge in [-0.15, -0.1) is 0 Å². The number of β-lactam (4-membered cyclic amide) rings is 1. The van der Waals surface area contributed by atoms with E-state index in [0.29, 0.717) is 30.1 Å². The Morgan fingerprint density at radius 1 is 0.884 bits per heavy atom. The number of likely N-dealkylation sites (tertiary alicyclic amines) is 1. The quantitative estimate of drug-likeness (QED) is 0.165. The highest BCUT2D eigenvalue weighted by Gasteiger charge is 2.53. The van der Waals surface area contributed by atoms with E-state index in [1.807, 2.05) is 91.9 Å². The summed E-state index contributed by atoms with van der Waals surface area (Å²) < 4.78 is 12.1. The number of nitrogens with one attached hydrogen (secondary N) is 1. The van der Waals surface area contributed by atoms with Crippen LogP contribution in [0.1, 0.15) is 35.2 Å². The number of nitrogens with zero attached hydrogens (tertiary/aromatic N) is 1. The molecule has 8 nitrogen and oxygen atoms in total. The van der Waals surface area contributed by atoms with Gasteiger partial charge in [-0.1, -0.05) is 91.0 Å². The average Bonchev–Trinajstić information content (AvgIpc) is 3.03. The van der Waals surface area contributed by atoms with E-state index in [2.05, 4.69) is 5.32 Å². The van der Waals surface area contributed by atoms with Crippen LogP contribution in [0.5, 0.6) is 11.5 Å². The highest BCUT2D eigenvalue weighted by Crippen LogP contribution is 2.35. The van der Waals surface area contributed by atoms with Gasteiger partial charge >= 0.3 is 12.0 Å². The Balaban J connectivity index is 1.42. The Bertz CT molecular complexity index is 1550. The van der Waals surface area contributed by atoms with Crippen LogP contribution in [0.2, 0.25) is 0 Å². The van der Waals surface area contributed by atoms with Gasteiger partial charge in [-0.05, 0) is 59.9 Å². The molecule has 1 saturated heterocycles. The maximum atomic E-state index is 13.8. The summed E-state index contributed by atoms with van der Waals surface area (Å²) in [6.45, 7) is 2.38. The molecule has 2 unspecified atom stereocenters. The van der Waals surface area contributed by atoms with Gasteiger partial charge < -0.3 is 19.9 Å². The number of benzene rings is 4. The summed E-state index contributed by atoms with van der Waals surface area (Å²) in [6, 6.07) is 32.4. The summed E-state index contributed by atoms with van der Waals surface area (Å²) in [5.41, 5.74) is 3.26. The molecule has 0 aromatic heterocycles. The first-order valence-corrected chi connectivity index (χ1v) is 14.1. The van der Waals surface area contributed by atoms with Crippen LogP contribution in [0, 0.1) is 5.92 Å². The van der Waals surface area contributed by atoms with Crippen molar-refractivity contribution in [2.75, 3.05) is 6.61 Å². The molecule has 1 aliphatic heterocycles. The van der Waals surface area contributed by atoms with Gasteiger partial charge in [0.2, 0.25) is 5.91 Å². The van der Waals surface area contributed by atoms with Crippen LogP contribution in [0.15, 0.2) is 115 Å². The summed E-state index contributed by atoms with van der Waals surface area (Å²) in [5, 5.41) is 12.0. The molecule has 2 N–H and O–H groups in total. The zero-order valence-electron chi connectivity index (χ0n) is 23.6. The molecule has 0 aliphatic carbocycles. The van der Waals surface area contributed by atoms with Gasteiger partial charge in [-0.25, -0.2) is 14.5 Å². The van der Waals surface area contributed by atoms with Crippen LogP contribution in [-0.2, 0) is 16.0 Å². The van der Waals surface area contributed by atoms with E-state index in [1.165, 1.54) is 6.08 Å². The number of para-hydroxylation sites is 1. The molecular formula is C35H32N2O6. The van der Waals surface area contributed by atoms with Crippen LogP contribution >= 0.6 is 0 Å². The molecular weight excluding hydrogens is 544 g/mol. The van der Waals surface area contributed by atoms with Gasteiger partial charge in [-0.2, -0.15) is 0 Å². The van der Waals surface area contributed by atoms with Crippen LogP contribution in [-0.4, -0.2) is 40.7 Å². The fourth-order valence-corrected chi connectivity index (χ4v) is 5.08. The summed E-state index contributed by atoms with van der Waals surface area (Å²) in [5.74, 6) is -0.911. The van der Waals surface area contributed by atoms with E-state index in [9.17, 15) is 14.4 Å². The molecule has 1 aliphatic rings. The summed E-state index contributed by atoms with van der Waals surface area (Å²) >= 11 is 0. The van der Waals surface area contributed by atoms with Crippen LogP contribution in [0.25, 0.3) is 6.08 Å². The molecule has 218 valence electrons. The molecule has 8 heteroatoms. The molecule has 0 saturated carbocycles. The highest BCUT2D eigenvalue weighted by atomic mass is 16.5. The van der Waals surface area contributed by atoms with Crippen molar-refractivity contribution in [3.05, 3.63) is 138 Å². The van der Waals surface area contributed by atoms with Crippen molar-refractivity contribution in [1.82, 2.24) is 10.2 Å². The Kier molecular flexibility index (Phi) is 9.17. The van der Waals surface area contributed by atoms with E-state index in [-0.39, 0.29) is 5.91 Å². The second-order valence-corrected chi connectivity index (χ2v) is 10.0. The van der Waals surface area contributed by atoms with Crippen molar-refractivity contribution in [2.45, 2.75) is 25.6 Å². The summed E-state index contributed by atoms with van der Waals surface area (Å²) in [4.78, 5) is 39.4. The van der Waals surface area contributed by atoms with Crippen molar-refractivity contribution >= 4 is 24.0 Å². The third kappa shape index (κ3) is 6.93. The van der Waals surface area contributed by atoms with Crippen LogP contribution in [0.4, 0.5) is 4.79 Å². The predicted octanol–water partition coefficient (Wildman–Crippen LogP) is 6.09. The lowest BCUT2D eigenvalue weighted by molar-refractivity contribution is -0.166. The van der Waals surface area contributed by atoms with Crippen molar-refractivity contribution in [3.63, 3.8) is 0 Å². The Morgan fingerprint density at radius 3 is 2.09 bits per heavy atom. The van der Waals surface area contributed by atoms with Gasteiger partial charge in [0.1, 0.15) is 11.5 Å². The largest absolute Gasteiger partial charge is 0.494 e. The number of carboxylic acid groups (broad SMARTS) is 1. The number of carbonyl (C=O) groups is 3. The number of imide groups is 1. The van der Waals surface area contributed by atoms with Crippen molar-refractivity contribution < 1.29 is 29.0 Å². The number of urea groups is 1. The molecule has 1 heterocycles. The minimum Gasteiger partial charge on any atom is -0.494 e. The van der Waals surface area contributed by atoms with E-state index < -0.39 is 30.2 Å². The monoisotopic (exact) mass is 576 g/mol. The topological polar surface area (TPSA) is 105 Å². The lowest BCUT2D eigenvalue weighted by atomic mass is 9.88. The molecule has 0 spiro atoms. The molecule has 3 amide bonds. The zero-order valence-corrected chi connectivity index (χ0v) is 23.6. The summed E-state index contributed by atoms with van der Waals surface area (Å²) in [6.07, 6.45) is 1.96. The van der Waals surface area contributed by atoms with Crippen LogP contribution < -0.4 is 14.8 Å². The van der Waals surface area contributed by atoms with Crippen molar-refractivity contribution in [2.24, 2.45) is 5.92 Å². The normalized spacial score (nSPS) is 16.1. The third-order valence-corrected chi connectivity index (χ3v) is 7.17. The molecule has 2 atom stereocenters. The number of hydrogen-bond acceptors (Lipinski definition) is 5. The lowest BCUT2D eigenvalue weighted by Crippen LogP contribution is -2.68. The average molecular weight is 577 g/mol. The van der Waals surface area contributed by atoms with E-state index >= 15 is 0 Å². The number of carboxylic acids is 1. The van der Waals surface area contributed by atoms with E-state index in [1.54, 1.807) is 24.3 Å². The van der Waals surface area contributed by atoms with Gasteiger partial charge in [0, 0.05) is 6.08 Å². The lowest BCUT2D eigenvalue weighted by Gasteiger charge is -2.45. The fourth-order valence-electron chi connectivity index (χ4n) is 5.08. The van der Waals surface area contributed by atoms with E-state index in [4.69, 9.17) is 14.6 Å². The first kappa shape index (κ1) is 29.1. The van der Waals surface area contributed by atoms with Crippen molar-refractivity contribution in [1.29, 1.82) is 0 Å². The second-order valence-electron chi connectivity index (χ2n) is 10.0. The predicted molar refractivity (Wildman–Crippen MR) is 162 cm³/mol. The number of aliphatic carboxylic acids is 1. The third-order valence-electron chi connectivity index (χ3n) is 7.17. The number of ether oxygens (including phenoxy) is 2. The number of carbonyl (C=O) groups excluding carboxylic acids is 2. The minimum absolute atomic E-state index is 0.323. The SMILES string of the molecule is CCOc1ccccc1CC1C(=O)N(C(=O)NC(c2ccccc2)c2ccccc2)C1Oc1ccc(C=CC(=O)O)cc1. The van der Waals surface area contributed by atoms with Gasteiger partial charge in [-0.3, -0.25) is 4.79 Å². The molecule has 0 bridgehead atoms. The van der Waals surface area contributed by atoms with Gasteiger partial charge in [0.15, 0.2) is 6.23 Å². The zero-order chi connectivity index (χ0) is 30.2. The number of hydrogen-bond donors (Lipinski definition) is 2. The maximum absolute atomic E-state index is 13.8. The fraction of sp³-hybridized carbons (Fsp3) is 0.171. The number of amides is 3. The van der Waals surface area contributed by atoms with Crippen LogP contribution in [0.3, 0.4) is 0 Å². The number of rotatable bonds is 11. The molecule has 1 fully saturated rings. The maximum Gasteiger partial charge on any atom is 0.328 e. The standard InChI is InChI=1S/C35H32N2O6/c1-2-42-30-16-10-9-15-27(30)23-29-33(40)37(34(29)43-28-20-17-24(18-21-28)19-22-31(38)39)35(41)36-32(25-11-5-3-6-12-25)26-13-7-4-8-14-26/h3-22,29,32,34H,2,23H2,1H3,(H,36,41)(H,38,39). The Labute approximate surface area is 250 Å². The first-order chi connectivity index (χ1) is 20.9. The summed E-state index contributed by atoms with van der Waals surface area (Å²) in [7, 11) is 0. The molecule has 43 heavy (non-hydrogen) atoms. The highest BCUT2D eigenvalue weighted by molar-refractivity contribution is 6.01. The first-order valence-electron chi connectivity index (χ1n) is 14.1. The Hall–Kier alpha value is -5.37. The molecule has 4 aromatic carbocycles. The van der Waals surface area contributed by atoms with Gasteiger partial charge in [0.05, 0.1) is 18.6 Å². The second kappa shape index (κ2) is 13.5. The molecule has 0 radical (unpaired) electrons. The Morgan fingerprint density at radius 2 is 1.49 bits per heavy atom. The van der Waals surface area contributed by atoms with Gasteiger partial charge in [0.25, 0.3) is 0 Å². The molecule has 5 rings (SSSR count). The van der Waals surface area contributed by atoms with Crippen molar-refractivity contribution in [3.8, 4) is 11.5 Å². The smallest absolute Gasteiger partial charge is 0.328 e. The molecule has 4 aromatic rings. The minimum atomic E-state index is -1.05. The van der Waals surface area contributed by atoms with E-state index in [0.717, 1.165) is 27.7 Å².